The van der Waals surface area contributed by atoms with Crippen LogP contribution in [0, 0.1) is 34.0 Å². The fourth-order valence-corrected chi connectivity index (χ4v) is 9.36. The predicted molar refractivity (Wildman–Crippen MR) is 127 cm³/mol. The molecule has 0 amide bonds. The molecule has 6 aliphatic carbocycles. The average Bonchev–Trinajstić information content (AvgIpc) is 3.53. The lowest BCUT2D eigenvalue weighted by atomic mass is 9.58. The Labute approximate surface area is 185 Å². The second-order valence-corrected chi connectivity index (χ2v) is 12.5. The molecule has 0 aromatic heterocycles. The molecule has 0 aromatic rings. The van der Waals surface area contributed by atoms with E-state index < -0.39 is 0 Å². The van der Waals surface area contributed by atoms with Crippen LogP contribution in [0.15, 0.2) is 47.6 Å². The maximum absolute atomic E-state index is 2.73. The second kappa shape index (κ2) is 7.25. The Morgan fingerprint density at radius 2 is 1.47 bits per heavy atom. The van der Waals surface area contributed by atoms with Gasteiger partial charge in [0.2, 0.25) is 0 Å². The van der Waals surface area contributed by atoms with E-state index in [1.54, 1.807) is 5.57 Å². The Hall–Kier alpha value is -1.04. The molecule has 2 fully saturated rings. The van der Waals surface area contributed by atoms with Gasteiger partial charge >= 0.3 is 0 Å². The number of rotatable bonds is 2. The molecule has 0 heterocycles. The van der Waals surface area contributed by atoms with Gasteiger partial charge in [0.1, 0.15) is 0 Å². The first kappa shape index (κ1) is 19.6. The van der Waals surface area contributed by atoms with Crippen molar-refractivity contribution in [3.05, 3.63) is 47.6 Å². The summed E-state index contributed by atoms with van der Waals surface area (Å²) in [6.07, 6.45) is 37.0. The lowest BCUT2D eigenvalue weighted by molar-refractivity contribution is 0.0368. The number of allylic oxidation sites excluding steroid dienone is 8. The molecule has 0 N–H and O–H groups in total. The summed E-state index contributed by atoms with van der Waals surface area (Å²) in [6.45, 7) is 2.36. The first-order chi connectivity index (χ1) is 14.6. The van der Waals surface area contributed by atoms with E-state index in [0.717, 1.165) is 17.8 Å². The first-order valence-corrected chi connectivity index (χ1v) is 13.3. The van der Waals surface area contributed by atoms with E-state index in [2.05, 4.69) is 43.4 Å². The highest BCUT2D eigenvalue weighted by Crippen LogP contribution is 2.65. The number of hydrogen-bond donors (Lipinski definition) is 0. The Balaban J connectivity index is 1.26. The van der Waals surface area contributed by atoms with Crippen molar-refractivity contribution in [1.82, 2.24) is 0 Å². The molecule has 162 valence electrons. The molecule has 0 radical (unpaired) electrons. The molecule has 0 aromatic carbocycles. The molecule has 2 saturated carbocycles. The summed E-state index contributed by atoms with van der Waals surface area (Å²) in [5, 5.41) is 0. The summed E-state index contributed by atoms with van der Waals surface area (Å²) in [7, 11) is 0. The van der Waals surface area contributed by atoms with Crippen molar-refractivity contribution < 1.29 is 0 Å². The van der Waals surface area contributed by atoms with Crippen LogP contribution in [0.5, 0.6) is 0 Å². The third-order valence-electron chi connectivity index (χ3n) is 10.8. The Morgan fingerprint density at radius 1 is 0.733 bits per heavy atom. The van der Waals surface area contributed by atoms with E-state index >= 15 is 0 Å². The molecule has 0 aliphatic heterocycles. The molecule has 6 rings (SSSR count). The van der Waals surface area contributed by atoms with Crippen LogP contribution < -0.4 is 0 Å². The summed E-state index contributed by atoms with van der Waals surface area (Å²) < 4.78 is 0. The van der Waals surface area contributed by atoms with Gasteiger partial charge in [0, 0.05) is 0 Å². The van der Waals surface area contributed by atoms with Gasteiger partial charge in [-0.1, -0.05) is 66.9 Å². The molecule has 3 spiro atoms. The van der Waals surface area contributed by atoms with Gasteiger partial charge in [-0.05, 0) is 118 Å². The molecular weight excluding hydrogens is 360 g/mol. The van der Waals surface area contributed by atoms with Crippen LogP contribution in [0.2, 0.25) is 0 Å². The van der Waals surface area contributed by atoms with Gasteiger partial charge in [-0.2, -0.15) is 0 Å². The molecular formula is C30H42. The molecule has 4 atom stereocenters. The van der Waals surface area contributed by atoms with Crippen LogP contribution in [-0.4, -0.2) is 0 Å². The van der Waals surface area contributed by atoms with Gasteiger partial charge in [0.05, 0.1) is 0 Å². The summed E-state index contributed by atoms with van der Waals surface area (Å²) in [5.74, 6) is 2.84. The average molecular weight is 403 g/mol. The zero-order chi connectivity index (χ0) is 20.2. The van der Waals surface area contributed by atoms with Crippen molar-refractivity contribution in [2.75, 3.05) is 0 Å². The zero-order valence-electron chi connectivity index (χ0n) is 19.3. The quantitative estimate of drug-likeness (QED) is 0.405. The van der Waals surface area contributed by atoms with E-state index in [-0.39, 0.29) is 0 Å². The maximum atomic E-state index is 2.73. The van der Waals surface area contributed by atoms with Crippen molar-refractivity contribution >= 4 is 0 Å². The minimum absolute atomic E-state index is 0.595. The van der Waals surface area contributed by atoms with E-state index in [1.807, 2.05) is 5.57 Å². The van der Waals surface area contributed by atoms with Gasteiger partial charge in [0.15, 0.2) is 0 Å². The summed E-state index contributed by atoms with van der Waals surface area (Å²) in [4.78, 5) is 0. The normalized spacial score (nSPS) is 41.3. The molecule has 0 nitrogen and oxygen atoms in total. The van der Waals surface area contributed by atoms with Gasteiger partial charge in [-0.15, -0.1) is 0 Å². The highest BCUT2D eigenvalue weighted by atomic mass is 14.6. The monoisotopic (exact) mass is 402 g/mol. The SMILES string of the molecule is CC1=CCC2(CC=C(C3CC(C4CCCCCC45CC=CC5)C4(CC=CC4)C3)C2)C1. The zero-order valence-corrected chi connectivity index (χ0v) is 19.3. The van der Waals surface area contributed by atoms with Gasteiger partial charge in [0.25, 0.3) is 0 Å². The van der Waals surface area contributed by atoms with Gasteiger partial charge < -0.3 is 0 Å². The van der Waals surface area contributed by atoms with Gasteiger partial charge in [-0.3, -0.25) is 0 Å². The lowest BCUT2D eigenvalue weighted by Crippen LogP contribution is -2.38. The summed E-state index contributed by atoms with van der Waals surface area (Å²) in [6, 6.07) is 0. The minimum atomic E-state index is 0.595. The molecule has 0 bridgehead atoms. The van der Waals surface area contributed by atoms with Crippen molar-refractivity contribution in [3.63, 3.8) is 0 Å². The van der Waals surface area contributed by atoms with E-state index in [1.165, 1.54) is 96.3 Å². The molecule has 30 heavy (non-hydrogen) atoms. The van der Waals surface area contributed by atoms with Crippen LogP contribution in [0.1, 0.15) is 103 Å². The van der Waals surface area contributed by atoms with E-state index in [9.17, 15) is 0 Å². The molecule has 0 saturated heterocycles. The Bertz CT molecular complexity index is 788. The van der Waals surface area contributed by atoms with E-state index in [0.29, 0.717) is 16.2 Å². The molecule has 6 aliphatic rings. The lowest BCUT2D eigenvalue weighted by Gasteiger charge is -2.46. The van der Waals surface area contributed by atoms with Crippen molar-refractivity contribution in [1.29, 1.82) is 0 Å². The van der Waals surface area contributed by atoms with Crippen molar-refractivity contribution in [2.24, 2.45) is 34.0 Å². The fraction of sp³-hybridized carbons (Fsp3) is 0.733. The highest BCUT2D eigenvalue weighted by Gasteiger charge is 2.56. The summed E-state index contributed by atoms with van der Waals surface area (Å²) in [5.41, 5.74) is 5.37. The van der Waals surface area contributed by atoms with Gasteiger partial charge in [-0.25, -0.2) is 0 Å². The molecule has 0 heteroatoms. The smallest absolute Gasteiger partial charge is 0.0154 e. The fourth-order valence-electron chi connectivity index (χ4n) is 9.36. The topological polar surface area (TPSA) is 0 Å². The maximum Gasteiger partial charge on any atom is -0.0154 e. The third-order valence-corrected chi connectivity index (χ3v) is 10.8. The standard InChI is InChI=1S/C30H42/c1-23-10-17-28(20-23)18-11-24(21-28)25-19-27(30(22-25)15-7-8-16-30)26-9-3-2-4-12-29(26)13-5-6-14-29/h5-8,10-11,25-27H,2-4,9,12-22H2,1H3. The Morgan fingerprint density at radius 3 is 2.20 bits per heavy atom. The second-order valence-electron chi connectivity index (χ2n) is 12.5. The van der Waals surface area contributed by atoms with Crippen LogP contribution >= 0.6 is 0 Å². The Kier molecular flexibility index (Phi) is 4.74. The summed E-state index contributed by atoms with van der Waals surface area (Å²) >= 11 is 0. The minimum Gasteiger partial charge on any atom is -0.0879 e. The van der Waals surface area contributed by atoms with Crippen LogP contribution in [-0.2, 0) is 0 Å². The third kappa shape index (κ3) is 3.07. The van der Waals surface area contributed by atoms with Crippen molar-refractivity contribution in [3.8, 4) is 0 Å². The predicted octanol–water partition coefficient (Wildman–Crippen LogP) is 8.71. The van der Waals surface area contributed by atoms with Crippen LogP contribution in [0.25, 0.3) is 0 Å². The first-order valence-electron chi connectivity index (χ1n) is 13.3. The van der Waals surface area contributed by atoms with Crippen LogP contribution in [0.4, 0.5) is 0 Å². The van der Waals surface area contributed by atoms with Crippen molar-refractivity contribution in [2.45, 2.75) is 103 Å². The highest BCUT2D eigenvalue weighted by molar-refractivity contribution is 5.28. The van der Waals surface area contributed by atoms with Crippen LogP contribution in [0.3, 0.4) is 0 Å². The number of hydrogen-bond acceptors (Lipinski definition) is 0. The molecule has 4 unspecified atom stereocenters. The largest absolute Gasteiger partial charge is 0.0879 e. The van der Waals surface area contributed by atoms with E-state index in [4.69, 9.17) is 0 Å².